The topological polar surface area (TPSA) is 43.4 Å². The third-order valence-corrected chi connectivity index (χ3v) is 4.26. The minimum Gasteiger partial charge on any atom is -0.423 e. The molecule has 26 heavy (non-hydrogen) atoms. The molecule has 130 valence electrons. The van der Waals surface area contributed by atoms with Crippen LogP contribution in [0.5, 0.6) is 5.75 Å². The molecule has 3 rings (SSSR count). The maximum Gasteiger partial charge on any atom is 0.343 e. The Morgan fingerprint density at radius 2 is 1.38 bits per heavy atom. The van der Waals surface area contributed by atoms with Gasteiger partial charge < -0.3 is 4.74 Å². The van der Waals surface area contributed by atoms with Crippen molar-refractivity contribution in [3.63, 3.8) is 0 Å². The van der Waals surface area contributed by atoms with Gasteiger partial charge in [0.1, 0.15) is 11.6 Å². The molecule has 0 saturated carbocycles. The normalized spacial score (nSPS) is 10.4. The Labute approximate surface area is 151 Å². The second kappa shape index (κ2) is 7.31. The van der Waals surface area contributed by atoms with Crippen molar-refractivity contribution in [2.45, 2.75) is 13.8 Å². The molecule has 3 aromatic rings. The Balaban J connectivity index is 1.75. The lowest BCUT2D eigenvalue weighted by molar-refractivity contribution is 0.0734. The molecule has 0 N–H and O–H groups in total. The van der Waals surface area contributed by atoms with Crippen molar-refractivity contribution in [3.8, 4) is 5.75 Å². The molecule has 0 unspecified atom stereocenters. The molecule has 0 amide bonds. The van der Waals surface area contributed by atoms with Crippen molar-refractivity contribution in [1.29, 1.82) is 0 Å². The largest absolute Gasteiger partial charge is 0.423 e. The van der Waals surface area contributed by atoms with Crippen LogP contribution >= 0.6 is 0 Å². The Hall–Kier alpha value is -3.27. The SMILES string of the molecule is Cc1cccc(C(=O)Oc2ccc(C(=O)c3ccc(F)cc3)cc2)c1C. The highest BCUT2D eigenvalue weighted by Gasteiger charge is 2.14. The Kier molecular flexibility index (Phi) is 4.94. The molecule has 0 aliphatic carbocycles. The smallest absolute Gasteiger partial charge is 0.343 e. The summed E-state index contributed by atoms with van der Waals surface area (Å²) >= 11 is 0. The van der Waals surface area contributed by atoms with Gasteiger partial charge in [0.15, 0.2) is 5.78 Å². The molecule has 0 aromatic heterocycles. The average Bonchev–Trinajstić information content (AvgIpc) is 2.64. The highest BCUT2D eigenvalue weighted by Crippen LogP contribution is 2.19. The zero-order valence-corrected chi connectivity index (χ0v) is 14.5. The maximum absolute atomic E-state index is 13.0. The Morgan fingerprint density at radius 3 is 2.00 bits per heavy atom. The van der Waals surface area contributed by atoms with Crippen molar-refractivity contribution < 1.29 is 18.7 Å². The predicted octanol–water partition coefficient (Wildman–Crippen LogP) is 4.89. The molecule has 0 radical (unpaired) electrons. The average molecular weight is 348 g/mol. The fraction of sp³-hybridized carbons (Fsp3) is 0.0909. The molecular formula is C22H17FO3. The van der Waals surface area contributed by atoms with Crippen molar-refractivity contribution in [1.82, 2.24) is 0 Å². The lowest BCUT2D eigenvalue weighted by atomic mass is 10.0. The number of ether oxygens (including phenoxy) is 1. The first-order valence-corrected chi connectivity index (χ1v) is 8.14. The van der Waals surface area contributed by atoms with Crippen LogP contribution in [0, 0.1) is 19.7 Å². The van der Waals surface area contributed by atoms with Crippen LogP contribution in [0.3, 0.4) is 0 Å². The fourth-order valence-corrected chi connectivity index (χ4v) is 2.58. The summed E-state index contributed by atoms with van der Waals surface area (Å²) in [6, 6.07) is 17.1. The number of benzene rings is 3. The van der Waals surface area contributed by atoms with Crippen molar-refractivity contribution in [2.24, 2.45) is 0 Å². The number of hydrogen-bond donors (Lipinski definition) is 0. The molecule has 0 spiro atoms. The Morgan fingerprint density at radius 1 is 0.808 bits per heavy atom. The second-order valence-electron chi connectivity index (χ2n) is 6.00. The van der Waals surface area contributed by atoms with Crippen molar-refractivity contribution >= 4 is 11.8 Å². The van der Waals surface area contributed by atoms with Crippen molar-refractivity contribution in [3.05, 3.63) is 100 Å². The molecule has 0 bridgehead atoms. The van der Waals surface area contributed by atoms with E-state index in [-0.39, 0.29) is 5.78 Å². The van der Waals surface area contributed by atoms with Gasteiger partial charge in [0.05, 0.1) is 5.56 Å². The predicted molar refractivity (Wildman–Crippen MR) is 97.1 cm³/mol. The summed E-state index contributed by atoms with van der Waals surface area (Å²) < 4.78 is 18.4. The maximum atomic E-state index is 13.0. The third-order valence-electron chi connectivity index (χ3n) is 4.26. The summed E-state index contributed by atoms with van der Waals surface area (Å²) in [7, 11) is 0. The van der Waals surface area contributed by atoms with Crippen LogP contribution in [-0.4, -0.2) is 11.8 Å². The minimum atomic E-state index is -0.441. The van der Waals surface area contributed by atoms with Crippen LogP contribution in [-0.2, 0) is 0 Å². The van der Waals surface area contributed by atoms with E-state index in [1.54, 1.807) is 30.3 Å². The van der Waals surface area contributed by atoms with Crippen LogP contribution in [0.15, 0.2) is 66.7 Å². The van der Waals surface area contributed by atoms with Crippen molar-refractivity contribution in [2.75, 3.05) is 0 Å². The number of carbonyl (C=O) groups is 2. The van der Waals surface area contributed by atoms with Gasteiger partial charge in [-0.2, -0.15) is 0 Å². The Bertz CT molecular complexity index is 958. The van der Waals surface area contributed by atoms with Gasteiger partial charge in [0.2, 0.25) is 0 Å². The van der Waals surface area contributed by atoms with Gasteiger partial charge in [-0.15, -0.1) is 0 Å². The van der Waals surface area contributed by atoms with Crippen LogP contribution in [0.1, 0.15) is 37.4 Å². The number of halogens is 1. The molecule has 0 atom stereocenters. The zero-order chi connectivity index (χ0) is 18.7. The standard InChI is InChI=1S/C22H17FO3/c1-14-4-3-5-20(15(14)2)22(25)26-19-12-8-17(9-13-19)21(24)16-6-10-18(23)11-7-16/h3-13H,1-2H3. The summed E-state index contributed by atoms with van der Waals surface area (Å²) in [6.45, 7) is 3.80. The van der Waals surface area contributed by atoms with E-state index >= 15 is 0 Å². The summed E-state index contributed by atoms with van der Waals surface area (Å²) in [5.41, 5.74) is 3.23. The number of rotatable bonds is 4. The van der Waals surface area contributed by atoms with E-state index < -0.39 is 11.8 Å². The summed E-state index contributed by atoms with van der Waals surface area (Å²) in [6.07, 6.45) is 0. The van der Waals surface area contributed by atoms with E-state index in [0.29, 0.717) is 22.4 Å². The first-order chi connectivity index (χ1) is 12.5. The van der Waals surface area contributed by atoms with Crippen LogP contribution in [0.4, 0.5) is 4.39 Å². The number of carbonyl (C=O) groups excluding carboxylic acids is 2. The number of esters is 1. The summed E-state index contributed by atoms with van der Waals surface area (Å²) in [5, 5.41) is 0. The highest BCUT2D eigenvalue weighted by atomic mass is 19.1. The molecule has 0 saturated heterocycles. The van der Waals surface area contributed by atoms with E-state index in [1.165, 1.54) is 24.3 Å². The van der Waals surface area contributed by atoms with Crippen LogP contribution in [0.25, 0.3) is 0 Å². The summed E-state index contributed by atoms with van der Waals surface area (Å²) in [5.74, 6) is -0.706. The first-order valence-electron chi connectivity index (χ1n) is 8.14. The lowest BCUT2D eigenvalue weighted by Gasteiger charge is -2.09. The zero-order valence-electron chi connectivity index (χ0n) is 14.5. The van der Waals surface area contributed by atoms with E-state index in [1.807, 2.05) is 26.0 Å². The van der Waals surface area contributed by atoms with Gasteiger partial charge in [0, 0.05) is 11.1 Å². The lowest BCUT2D eigenvalue weighted by Crippen LogP contribution is -2.11. The molecule has 4 heteroatoms. The molecular weight excluding hydrogens is 331 g/mol. The second-order valence-corrected chi connectivity index (χ2v) is 6.00. The van der Waals surface area contributed by atoms with Gasteiger partial charge in [0.25, 0.3) is 0 Å². The number of aryl methyl sites for hydroxylation is 1. The van der Waals surface area contributed by atoms with E-state index in [0.717, 1.165) is 11.1 Å². The monoisotopic (exact) mass is 348 g/mol. The van der Waals surface area contributed by atoms with Crippen LogP contribution < -0.4 is 4.74 Å². The molecule has 0 aliphatic rings. The molecule has 0 aliphatic heterocycles. The molecule has 0 heterocycles. The number of hydrogen-bond acceptors (Lipinski definition) is 3. The van der Waals surface area contributed by atoms with Gasteiger partial charge in [-0.1, -0.05) is 12.1 Å². The summed E-state index contributed by atoms with van der Waals surface area (Å²) in [4.78, 5) is 24.7. The minimum absolute atomic E-state index is 0.225. The van der Waals surface area contributed by atoms with E-state index in [4.69, 9.17) is 4.74 Å². The third kappa shape index (κ3) is 3.70. The molecule has 3 nitrogen and oxygen atoms in total. The van der Waals surface area contributed by atoms with Gasteiger partial charge >= 0.3 is 5.97 Å². The van der Waals surface area contributed by atoms with Gasteiger partial charge in [-0.25, -0.2) is 9.18 Å². The first kappa shape index (κ1) is 17.5. The fourth-order valence-electron chi connectivity index (χ4n) is 2.58. The van der Waals surface area contributed by atoms with E-state index in [2.05, 4.69) is 0 Å². The van der Waals surface area contributed by atoms with Crippen LogP contribution in [0.2, 0.25) is 0 Å². The molecule has 0 fully saturated rings. The quantitative estimate of drug-likeness (QED) is 0.383. The number of ketones is 1. The highest BCUT2D eigenvalue weighted by molar-refractivity contribution is 6.09. The van der Waals surface area contributed by atoms with Gasteiger partial charge in [-0.05, 0) is 79.6 Å². The van der Waals surface area contributed by atoms with E-state index in [9.17, 15) is 14.0 Å². The molecule has 3 aromatic carbocycles. The van der Waals surface area contributed by atoms with Gasteiger partial charge in [-0.3, -0.25) is 4.79 Å².